The maximum atomic E-state index is 12.0. The summed E-state index contributed by atoms with van der Waals surface area (Å²) in [5, 5.41) is 68.2. The summed E-state index contributed by atoms with van der Waals surface area (Å²) in [6.45, 7) is -0.945. The van der Waals surface area contributed by atoms with E-state index in [2.05, 4.69) is 9.97 Å². The van der Waals surface area contributed by atoms with Gasteiger partial charge in [0.1, 0.15) is 24.1 Å². The Labute approximate surface area is 216 Å². The van der Waals surface area contributed by atoms with Gasteiger partial charge in [-0.3, -0.25) is 9.78 Å². The van der Waals surface area contributed by atoms with Gasteiger partial charge < -0.3 is 54.9 Å². The quantitative estimate of drug-likeness (QED) is 0.171. The molecule has 2 aromatic rings. The van der Waals surface area contributed by atoms with Crippen LogP contribution in [0.25, 0.3) is 11.1 Å². The van der Waals surface area contributed by atoms with Gasteiger partial charge in [-0.2, -0.15) is 0 Å². The maximum Gasteiger partial charge on any atom is 0.325 e. The van der Waals surface area contributed by atoms with Gasteiger partial charge in [0.25, 0.3) is 5.56 Å². The Hall–Kier alpha value is -2.66. The Morgan fingerprint density at radius 3 is 2.21 bits per heavy atom. The summed E-state index contributed by atoms with van der Waals surface area (Å²) in [6, 6.07) is 6.15. The first-order chi connectivity index (χ1) is 18.2. The molecule has 1 aromatic carbocycles. The number of H-pyrrole nitrogens is 2. The predicted molar refractivity (Wildman–Crippen MR) is 130 cm³/mol. The number of ether oxygens (including phenoxy) is 3. The Bertz CT molecular complexity index is 1120. The highest BCUT2D eigenvalue weighted by Crippen LogP contribution is 2.34. The number of hydrogen-bond acceptors (Lipinski definition) is 12. The lowest BCUT2D eigenvalue weighted by molar-refractivity contribution is -0.273. The van der Waals surface area contributed by atoms with Crippen molar-refractivity contribution in [3.8, 4) is 16.9 Å². The van der Waals surface area contributed by atoms with E-state index in [-0.39, 0.29) is 30.8 Å². The van der Waals surface area contributed by atoms with Crippen LogP contribution in [-0.2, 0) is 9.47 Å². The van der Waals surface area contributed by atoms with Crippen LogP contribution in [0, 0.1) is 5.92 Å². The van der Waals surface area contributed by atoms with Gasteiger partial charge in [0.05, 0.1) is 43.2 Å². The second kappa shape index (κ2) is 13.4. The second-order valence-corrected chi connectivity index (χ2v) is 9.01. The number of hydrogen-bond donors (Lipinski definition) is 9. The van der Waals surface area contributed by atoms with E-state index in [1.54, 1.807) is 12.1 Å². The van der Waals surface area contributed by atoms with Crippen LogP contribution in [0.1, 0.15) is 12.8 Å². The number of aliphatic hydroxyl groups excluding tert-OH is 7. The topological polar surface area (TPSA) is 235 Å². The fourth-order valence-electron chi connectivity index (χ4n) is 4.63. The summed E-state index contributed by atoms with van der Waals surface area (Å²) in [5.74, 6) is -0.718. The zero-order chi connectivity index (χ0) is 28.0. The van der Waals surface area contributed by atoms with Crippen molar-refractivity contribution in [1.29, 1.82) is 0 Å². The Morgan fingerprint density at radius 2 is 1.61 bits per heavy atom. The van der Waals surface area contributed by atoms with Crippen molar-refractivity contribution in [2.75, 3.05) is 20.3 Å². The van der Waals surface area contributed by atoms with Gasteiger partial charge in [-0.15, -0.1) is 0 Å². The number of aromatic amines is 2. The first-order valence-electron chi connectivity index (χ1n) is 12.0. The summed E-state index contributed by atoms with van der Waals surface area (Å²) >= 11 is 0. The fraction of sp³-hybridized carbons (Fsp3) is 0.583. The predicted octanol–water partition coefficient (Wildman–Crippen LogP) is -2.97. The molecule has 0 aliphatic carbocycles. The minimum absolute atomic E-state index is 0.0407. The van der Waals surface area contributed by atoms with Crippen molar-refractivity contribution in [2.24, 2.45) is 5.92 Å². The molecular formula is C24H34N2O12. The molecule has 38 heavy (non-hydrogen) atoms. The van der Waals surface area contributed by atoms with Crippen LogP contribution >= 0.6 is 0 Å². The summed E-state index contributed by atoms with van der Waals surface area (Å²) < 4.78 is 17.0. The molecule has 212 valence electrons. The fourth-order valence-corrected chi connectivity index (χ4v) is 4.63. The molecule has 0 radical (unpaired) electrons. The third-order valence-electron chi connectivity index (χ3n) is 6.62. The smallest absolute Gasteiger partial charge is 0.325 e. The number of rotatable bonds is 7. The molecule has 0 saturated carbocycles. The first-order valence-corrected chi connectivity index (χ1v) is 12.0. The molecule has 4 rings (SSSR count). The standard InChI is InChI=1S/C23H30N2O11.CH4O/c26-8-12-5-15(28)20(31)16(34-12)6-13-18(29)17(9-27)36-22(19(13)30)35-11-3-1-10(2-4-11)14-7-24-23(33)25-21(14)32;1-2/h1-4,7,12-13,15-20,22,26-31H,5-6,8-9H2,(H2,24,25,32,33);2H,1H3/t12?,13?,15?,16-,17?,18+,19?,20?,22+;/m1./s1. The molecule has 6 unspecified atom stereocenters. The Morgan fingerprint density at radius 1 is 0.921 bits per heavy atom. The normalized spacial score (nSPS) is 33.2. The van der Waals surface area contributed by atoms with Gasteiger partial charge in [-0.05, 0) is 24.1 Å². The number of nitrogens with one attached hydrogen (secondary N) is 2. The Kier molecular flexibility index (Phi) is 10.6. The van der Waals surface area contributed by atoms with Crippen molar-refractivity contribution in [2.45, 2.75) is 61.9 Å². The molecule has 9 atom stereocenters. The summed E-state index contributed by atoms with van der Waals surface area (Å²) in [7, 11) is 1.00. The van der Waals surface area contributed by atoms with Crippen molar-refractivity contribution >= 4 is 0 Å². The molecule has 14 heteroatoms. The van der Waals surface area contributed by atoms with Crippen LogP contribution in [-0.4, -0.2) is 115 Å². The summed E-state index contributed by atoms with van der Waals surface area (Å²) in [5.41, 5.74) is -0.475. The Balaban J connectivity index is 0.00000195. The van der Waals surface area contributed by atoms with Gasteiger partial charge in [0.15, 0.2) is 0 Å². The average Bonchev–Trinajstić information content (AvgIpc) is 2.92. The molecule has 2 saturated heterocycles. The number of benzene rings is 1. The van der Waals surface area contributed by atoms with Crippen LogP contribution in [0.4, 0.5) is 0 Å². The molecule has 2 aliphatic heterocycles. The average molecular weight is 543 g/mol. The molecule has 3 heterocycles. The van der Waals surface area contributed by atoms with E-state index in [0.717, 1.165) is 7.11 Å². The molecule has 14 nitrogen and oxygen atoms in total. The monoisotopic (exact) mass is 542 g/mol. The third-order valence-corrected chi connectivity index (χ3v) is 6.62. The number of aliphatic hydroxyl groups is 7. The minimum Gasteiger partial charge on any atom is -0.462 e. The van der Waals surface area contributed by atoms with E-state index in [4.69, 9.17) is 19.3 Å². The first kappa shape index (κ1) is 29.9. The van der Waals surface area contributed by atoms with Crippen LogP contribution < -0.4 is 16.0 Å². The SMILES string of the molecule is CO.O=c1[nH]cc(-c2ccc(O[C@H]3OC(CO)[C@@H](O)C(C[C@H]4OC(CO)CC(O)C4O)C3O)cc2)c(=O)[nH]1. The summed E-state index contributed by atoms with van der Waals surface area (Å²) in [6.07, 6.45) is -8.10. The molecule has 0 spiro atoms. The van der Waals surface area contributed by atoms with E-state index in [0.29, 0.717) is 5.56 Å². The van der Waals surface area contributed by atoms with Gasteiger partial charge >= 0.3 is 5.69 Å². The van der Waals surface area contributed by atoms with E-state index in [1.807, 2.05) is 0 Å². The van der Waals surface area contributed by atoms with Crippen LogP contribution in [0.3, 0.4) is 0 Å². The number of aromatic nitrogens is 2. The zero-order valence-electron chi connectivity index (χ0n) is 20.6. The van der Waals surface area contributed by atoms with E-state index in [1.165, 1.54) is 18.3 Å². The van der Waals surface area contributed by atoms with Gasteiger partial charge in [-0.1, -0.05) is 12.1 Å². The molecule has 2 fully saturated rings. The van der Waals surface area contributed by atoms with E-state index in [9.17, 15) is 40.2 Å². The molecule has 9 N–H and O–H groups in total. The second-order valence-electron chi connectivity index (χ2n) is 9.01. The third kappa shape index (κ3) is 6.66. The van der Waals surface area contributed by atoms with Gasteiger partial charge in [0.2, 0.25) is 6.29 Å². The van der Waals surface area contributed by atoms with E-state index < -0.39 is 72.8 Å². The highest BCUT2D eigenvalue weighted by atomic mass is 16.7. The van der Waals surface area contributed by atoms with E-state index >= 15 is 0 Å². The highest BCUT2D eigenvalue weighted by molar-refractivity contribution is 5.62. The van der Waals surface area contributed by atoms with Crippen LogP contribution in [0.2, 0.25) is 0 Å². The largest absolute Gasteiger partial charge is 0.462 e. The van der Waals surface area contributed by atoms with Crippen molar-refractivity contribution < 1.29 is 50.0 Å². The zero-order valence-corrected chi connectivity index (χ0v) is 20.6. The van der Waals surface area contributed by atoms with Gasteiger partial charge in [0, 0.05) is 25.6 Å². The van der Waals surface area contributed by atoms with Crippen LogP contribution in [0.5, 0.6) is 5.75 Å². The molecule has 0 bridgehead atoms. The highest BCUT2D eigenvalue weighted by Gasteiger charge is 2.48. The minimum atomic E-state index is -1.41. The molecule has 0 amide bonds. The lowest BCUT2D eigenvalue weighted by Gasteiger charge is -2.45. The summed E-state index contributed by atoms with van der Waals surface area (Å²) in [4.78, 5) is 27.7. The van der Waals surface area contributed by atoms with Crippen LogP contribution in [0.15, 0.2) is 40.1 Å². The van der Waals surface area contributed by atoms with Crippen molar-refractivity contribution in [3.05, 3.63) is 51.3 Å². The van der Waals surface area contributed by atoms with Gasteiger partial charge in [-0.25, -0.2) is 4.79 Å². The maximum absolute atomic E-state index is 12.0. The lowest BCUT2D eigenvalue weighted by Crippen LogP contribution is -2.59. The van der Waals surface area contributed by atoms with Crippen molar-refractivity contribution in [3.63, 3.8) is 0 Å². The molecule has 2 aliphatic rings. The lowest BCUT2D eigenvalue weighted by atomic mass is 9.82. The van der Waals surface area contributed by atoms with Crippen molar-refractivity contribution in [1.82, 2.24) is 9.97 Å². The molecule has 1 aromatic heterocycles. The molecular weight excluding hydrogens is 508 g/mol.